The fourth-order valence-electron chi connectivity index (χ4n) is 2.08. The van der Waals surface area contributed by atoms with E-state index in [0.717, 1.165) is 39.9 Å². The van der Waals surface area contributed by atoms with Crippen LogP contribution in [0.3, 0.4) is 0 Å². The Hall–Kier alpha value is 0.240. The molecule has 1 aromatic rings. The molecule has 0 saturated heterocycles. The SMILES string of the molecule is CCCC(CCC)C(N)c1cc(Cl)sc1Cl. The van der Waals surface area contributed by atoms with Gasteiger partial charge in [-0.25, -0.2) is 0 Å². The number of nitrogens with two attached hydrogens (primary N) is 1. The van der Waals surface area contributed by atoms with Crippen LogP contribution in [0.2, 0.25) is 8.67 Å². The predicted molar refractivity (Wildman–Crippen MR) is 74.6 cm³/mol. The minimum atomic E-state index is 0.0242. The predicted octanol–water partition coefficient (Wildman–Crippen LogP) is 5.27. The molecule has 0 aromatic carbocycles. The van der Waals surface area contributed by atoms with Crippen molar-refractivity contribution < 1.29 is 0 Å². The maximum absolute atomic E-state index is 6.29. The van der Waals surface area contributed by atoms with Crippen LogP contribution in [0.1, 0.15) is 51.1 Å². The Balaban J connectivity index is 2.80. The summed E-state index contributed by atoms with van der Waals surface area (Å²) >= 11 is 13.5. The zero-order valence-electron chi connectivity index (χ0n) is 9.80. The van der Waals surface area contributed by atoms with Crippen molar-refractivity contribution >= 4 is 34.5 Å². The zero-order valence-corrected chi connectivity index (χ0v) is 12.1. The molecule has 1 aromatic heterocycles. The Kier molecular flexibility index (Phi) is 6.12. The molecule has 0 radical (unpaired) electrons. The summed E-state index contributed by atoms with van der Waals surface area (Å²) in [4.78, 5) is 0. The normalized spacial score (nSPS) is 13.4. The lowest BCUT2D eigenvalue weighted by Crippen LogP contribution is -2.21. The lowest BCUT2D eigenvalue weighted by molar-refractivity contribution is 0.369. The highest BCUT2D eigenvalue weighted by Gasteiger charge is 2.21. The summed E-state index contributed by atoms with van der Waals surface area (Å²) in [6, 6.07) is 1.94. The van der Waals surface area contributed by atoms with Crippen LogP contribution >= 0.6 is 34.5 Å². The van der Waals surface area contributed by atoms with Crippen molar-refractivity contribution in [2.24, 2.45) is 11.7 Å². The molecule has 1 atom stereocenters. The zero-order chi connectivity index (χ0) is 12.1. The Morgan fingerprint density at radius 2 is 1.81 bits per heavy atom. The minimum absolute atomic E-state index is 0.0242. The molecule has 1 heterocycles. The number of rotatable bonds is 6. The molecule has 0 spiro atoms. The van der Waals surface area contributed by atoms with Crippen molar-refractivity contribution in [2.75, 3.05) is 0 Å². The molecule has 2 N–H and O–H groups in total. The minimum Gasteiger partial charge on any atom is -0.324 e. The van der Waals surface area contributed by atoms with E-state index in [4.69, 9.17) is 28.9 Å². The second-order valence-corrected chi connectivity index (χ2v) is 6.43. The van der Waals surface area contributed by atoms with Crippen LogP contribution in [-0.4, -0.2) is 0 Å². The van der Waals surface area contributed by atoms with Crippen LogP contribution in [-0.2, 0) is 0 Å². The van der Waals surface area contributed by atoms with Gasteiger partial charge in [0.2, 0.25) is 0 Å². The smallest absolute Gasteiger partial charge is 0.0991 e. The first kappa shape index (κ1) is 14.3. The van der Waals surface area contributed by atoms with E-state index in [-0.39, 0.29) is 6.04 Å². The monoisotopic (exact) mass is 279 g/mol. The lowest BCUT2D eigenvalue weighted by atomic mass is 9.88. The summed E-state index contributed by atoms with van der Waals surface area (Å²) in [5, 5.41) is 0. The van der Waals surface area contributed by atoms with Crippen LogP contribution in [0.4, 0.5) is 0 Å². The fraction of sp³-hybridized carbons (Fsp3) is 0.667. The van der Waals surface area contributed by atoms with E-state index < -0.39 is 0 Å². The van der Waals surface area contributed by atoms with Crippen molar-refractivity contribution in [1.29, 1.82) is 0 Å². The van der Waals surface area contributed by atoms with E-state index in [2.05, 4.69) is 13.8 Å². The largest absolute Gasteiger partial charge is 0.324 e. The third-order valence-corrected chi connectivity index (χ3v) is 4.39. The highest BCUT2D eigenvalue weighted by molar-refractivity contribution is 7.20. The standard InChI is InChI=1S/C12H19Cl2NS/c1-3-5-8(6-4-2)11(15)9-7-10(13)16-12(9)14/h7-8,11H,3-6,15H2,1-2H3. The highest BCUT2D eigenvalue weighted by atomic mass is 35.5. The molecule has 1 rings (SSSR count). The molecule has 0 fully saturated rings. The maximum Gasteiger partial charge on any atom is 0.0991 e. The van der Waals surface area contributed by atoms with E-state index >= 15 is 0 Å². The topological polar surface area (TPSA) is 26.0 Å². The van der Waals surface area contributed by atoms with Gasteiger partial charge in [0.05, 0.1) is 8.67 Å². The molecule has 1 nitrogen and oxygen atoms in total. The van der Waals surface area contributed by atoms with Crippen LogP contribution in [0.15, 0.2) is 6.07 Å². The average molecular weight is 280 g/mol. The molecular formula is C12H19Cl2NS. The molecular weight excluding hydrogens is 261 g/mol. The van der Waals surface area contributed by atoms with Gasteiger partial charge in [-0.15, -0.1) is 11.3 Å². The first-order valence-corrected chi connectivity index (χ1v) is 7.37. The molecule has 1 unspecified atom stereocenters. The molecule has 0 bridgehead atoms. The Morgan fingerprint density at radius 1 is 1.25 bits per heavy atom. The quantitative estimate of drug-likeness (QED) is 0.754. The molecule has 0 aliphatic rings. The number of halogens is 2. The van der Waals surface area contributed by atoms with Gasteiger partial charge in [-0.3, -0.25) is 0 Å². The highest BCUT2D eigenvalue weighted by Crippen LogP contribution is 2.38. The summed E-state index contributed by atoms with van der Waals surface area (Å²) in [5.41, 5.74) is 7.31. The Bertz CT molecular complexity index is 319. The molecule has 4 heteroatoms. The summed E-state index contributed by atoms with van der Waals surface area (Å²) in [7, 11) is 0. The second kappa shape index (κ2) is 6.85. The van der Waals surface area contributed by atoms with Crippen LogP contribution in [0.25, 0.3) is 0 Å². The van der Waals surface area contributed by atoms with Gasteiger partial charge >= 0.3 is 0 Å². The third kappa shape index (κ3) is 3.63. The van der Waals surface area contributed by atoms with Gasteiger partial charge in [-0.05, 0) is 24.8 Å². The summed E-state index contributed by atoms with van der Waals surface area (Å²) < 4.78 is 1.47. The van der Waals surface area contributed by atoms with E-state index in [1.165, 1.54) is 11.3 Å². The summed E-state index contributed by atoms with van der Waals surface area (Å²) in [5.74, 6) is 0.512. The molecule has 0 aliphatic heterocycles. The van der Waals surface area contributed by atoms with Gasteiger partial charge in [-0.2, -0.15) is 0 Å². The van der Waals surface area contributed by atoms with Crippen LogP contribution in [0, 0.1) is 5.92 Å². The maximum atomic E-state index is 6.29. The number of hydrogen-bond acceptors (Lipinski definition) is 2. The van der Waals surface area contributed by atoms with E-state index in [1.54, 1.807) is 0 Å². The molecule has 16 heavy (non-hydrogen) atoms. The number of hydrogen-bond donors (Lipinski definition) is 1. The van der Waals surface area contributed by atoms with Gasteiger partial charge < -0.3 is 5.73 Å². The van der Waals surface area contributed by atoms with Gasteiger partial charge in [-0.1, -0.05) is 49.9 Å². The van der Waals surface area contributed by atoms with Crippen molar-refractivity contribution in [1.82, 2.24) is 0 Å². The van der Waals surface area contributed by atoms with Crippen molar-refractivity contribution in [2.45, 2.75) is 45.6 Å². The fourth-order valence-corrected chi connectivity index (χ4v) is 3.65. The first-order valence-electron chi connectivity index (χ1n) is 5.80. The molecule has 92 valence electrons. The molecule has 0 amide bonds. The molecule has 0 aliphatic carbocycles. The first-order chi connectivity index (χ1) is 7.60. The van der Waals surface area contributed by atoms with Crippen LogP contribution < -0.4 is 5.73 Å². The Morgan fingerprint density at radius 3 is 2.19 bits per heavy atom. The molecule has 0 saturated carbocycles. The third-order valence-electron chi connectivity index (χ3n) is 2.87. The van der Waals surface area contributed by atoms with E-state index in [0.29, 0.717) is 5.92 Å². The van der Waals surface area contributed by atoms with E-state index in [1.807, 2.05) is 6.07 Å². The van der Waals surface area contributed by atoms with Crippen molar-refractivity contribution in [3.63, 3.8) is 0 Å². The average Bonchev–Trinajstić information content (AvgIpc) is 2.56. The number of thiophene rings is 1. The van der Waals surface area contributed by atoms with Gasteiger partial charge in [0.25, 0.3) is 0 Å². The van der Waals surface area contributed by atoms with Crippen molar-refractivity contribution in [3.8, 4) is 0 Å². The van der Waals surface area contributed by atoms with Gasteiger partial charge in [0.15, 0.2) is 0 Å². The Labute approximate surface area is 112 Å². The van der Waals surface area contributed by atoms with Gasteiger partial charge in [0.1, 0.15) is 0 Å². The second-order valence-electron chi connectivity index (χ2n) is 4.14. The van der Waals surface area contributed by atoms with Gasteiger partial charge in [0, 0.05) is 11.6 Å². The van der Waals surface area contributed by atoms with E-state index in [9.17, 15) is 0 Å². The lowest BCUT2D eigenvalue weighted by Gasteiger charge is -2.22. The van der Waals surface area contributed by atoms with Crippen molar-refractivity contribution in [3.05, 3.63) is 20.3 Å². The van der Waals surface area contributed by atoms with Crippen LogP contribution in [0.5, 0.6) is 0 Å². The summed E-state index contributed by atoms with van der Waals surface area (Å²) in [6.07, 6.45) is 4.62. The summed E-state index contributed by atoms with van der Waals surface area (Å²) in [6.45, 7) is 4.38.